The number of nitrogens with zero attached hydrogens (tertiary/aromatic N) is 4. The third-order valence-corrected chi connectivity index (χ3v) is 8.71. The average Bonchev–Trinajstić information content (AvgIpc) is 3.30. The predicted octanol–water partition coefficient (Wildman–Crippen LogP) is 2.76. The lowest BCUT2D eigenvalue weighted by atomic mass is 10.1. The fourth-order valence-electron chi connectivity index (χ4n) is 5.41. The number of aliphatic imine (C=N–C) groups is 1. The Labute approximate surface area is 219 Å². The number of rotatable bonds is 4. The molecule has 1 aromatic heterocycles. The molecule has 0 bridgehead atoms. The highest BCUT2D eigenvalue weighted by Crippen LogP contribution is 2.49. The molecule has 4 heterocycles. The zero-order valence-corrected chi connectivity index (χ0v) is 22.0. The van der Waals surface area contributed by atoms with Gasteiger partial charge in [0.25, 0.3) is 11.8 Å². The average molecular weight is 519 g/mol. The van der Waals surface area contributed by atoms with Gasteiger partial charge in [-0.25, -0.2) is 4.99 Å². The number of nitrogens with one attached hydrogen (secondary N) is 2. The monoisotopic (exact) mass is 518 g/mol. The minimum Gasteiger partial charge on any atom is -0.353 e. The van der Waals surface area contributed by atoms with Gasteiger partial charge in [-0.05, 0) is 51.1 Å². The van der Waals surface area contributed by atoms with Gasteiger partial charge in [-0.1, -0.05) is 6.07 Å². The predicted molar refractivity (Wildman–Crippen MR) is 143 cm³/mol. The van der Waals surface area contributed by atoms with E-state index in [0.29, 0.717) is 13.0 Å². The van der Waals surface area contributed by atoms with Crippen molar-refractivity contribution in [2.75, 3.05) is 38.5 Å². The lowest BCUT2D eigenvalue weighted by Crippen LogP contribution is -2.47. The van der Waals surface area contributed by atoms with Gasteiger partial charge in [0, 0.05) is 49.8 Å². The summed E-state index contributed by atoms with van der Waals surface area (Å²) < 4.78 is 0. The van der Waals surface area contributed by atoms with Crippen molar-refractivity contribution in [3.05, 3.63) is 52.4 Å². The lowest BCUT2D eigenvalue weighted by molar-refractivity contribution is -0.140. The molecule has 6 rings (SSSR count). The standard InChI is InChI=1S/C27H30N6O3S/c1-16-12-18-24(32-10-8-31(3)9-11-32)29-21-13-17(4-5-20(21)30-26(18)37-16)15-28-25(36)19-14-27(19,2)33-22(34)6-7-23(33)35/h4-7,12-13,19,30H,8-11,14-15H2,1-3H3,(H,28,36). The second-order valence-electron chi connectivity index (χ2n) is 10.5. The zero-order chi connectivity index (χ0) is 25.9. The number of thiophene rings is 1. The maximum Gasteiger partial charge on any atom is 0.254 e. The number of amidine groups is 1. The Morgan fingerprint density at radius 2 is 1.89 bits per heavy atom. The van der Waals surface area contributed by atoms with Crippen LogP contribution in [-0.2, 0) is 20.9 Å². The Balaban J connectivity index is 1.20. The van der Waals surface area contributed by atoms with Crippen LogP contribution in [0.25, 0.3) is 0 Å². The molecule has 0 radical (unpaired) electrons. The van der Waals surface area contributed by atoms with E-state index in [1.807, 2.05) is 18.2 Å². The molecule has 2 aromatic rings. The Hall–Kier alpha value is -3.50. The maximum absolute atomic E-state index is 12.9. The van der Waals surface area contributed by atoms with Crippen molar-refractivity contribution in [1.29, 1.82) is 0 Å². The Morgan fingerprint density at radius 1 is 1.16 bits per heavy atom. The largest absolute Gasteiger partial charge is 0.353 e. The number of hydrogen-bond acceptors (Lipinski definition) is 8. The van der Waals surface area contributed by atoms with Crippen molar-refractivity contribution < 1.29 is 14.4 Å². The number of imide groups is 1. The number of piperazine rings is 1. The molecule has 10 heteroatoms. The van der Waals surface area contributed by atoms with Crippen LogP contribution in [0.5, 0.6) is 0 Å². The van der Waals surface area contributed by atoms with E-state index < -0.39 is 11.5 Å². The summed E-state index contributed by atoms with van der Waals surface area (Å²) in [7, 11) is 2.14. The summed E-state index contributed by atoms with van der Waals surface area (Å²) in [5.41, 5.74) is 3.10. The number of aryl methyl sites for hydroxylation is 1. The van der Waals surface area contributed by atoms with Crippen molar-refractivity contribution in [3.63, 3.8) is 0 Å². The highest BCUT2D eigenvalue weighted by molar-refractivity contribution is 7.16. The van der Waals surface area contributed by atoms with Crippen molar-refractivity contribution in [2.24, 2.45) is 10.9 Å². The Bertz CT molecular complexity index is 1350. The van der Waals surface area contributed by atoms with E-state index in [-0.39, 0.29) is 17.7 Å². The summed E-state index contributed by atoms with van der Waals surface area (Å²) >= 11 is 1.73. The minimum absolute atomic E-state index is 0.151. The first-order chi connectivity index (χ1) is 17.7. The van der Waals surface area contributed by atoms with Gasteiger partial charge in [0.2, 0.25) is 5.91 Å². The molecule has 2 fully saturated rings. The lowest BCUT2D eigenvalue weighted by Gasteiger charge is -2.34. The topological polar surface area (TPSA) is 97.3 Å². The molecule has 2 unspecified atom stereocenters. The first-order valence-corrected chi connectivity index (χ1v) is 13.4. The van der Waals surface area contributed by atoms with E-state index in [1.165, 1.54) is 21.9 Å². The summed E-state index contributed by atoms with van der Waals surface area (Å²) in [4.78, 5) is 49.4. The van der Waals surface area contributed by atoms with E-state index in [0.717, 1.165) is 59.5 Å². The first-order valence-electron chi connectivity index (χ1n) is 12.6. The van der Waals surface area contributed by atoms with Gasteiger partial charge in [0.15, 0.2) is 0 Å². The van der Waals surface area contributed by atoms with Gasteiger partial charge in [0.1, 0.15) is 10.8 Å². The quantitative estimate of drug-likeness (QED) is 0.605. The van der Waals surface area contributed by atoms with Gasteiger partial charge in [-0.3, -0.25) is 19.3 Å². The van der Waals surface area contributed by atoms with E-state index in [9.17, 15) is 14.4 Å². The second-order valence-corrected chi connectivity index (χ2v) is 11.7. The molecule has 1 saturated heterocycles. The molecule has 3 amide bonds. The summed E-state index contributed by atoms with van der Waals surface area (Å²) in [6.45, 7) is 8.09. The van der Waals surface area contributed by atoms with Crippen LogP contribution in [0, 0.1) is 12.8 Å². The maximum atomic E-state index is 12.9. The molecular formula is C27H30N6O3S. The molecule has 1 saturated carbocycles. The number of hydrogen-bond donors (Lipinski definition) is 2. The number of likely N-dealkylation sites (N-methyl/N-ethyl adjacent to an activating group) is 1. The Kier molecular flexibility index (Phi) is 5.68. The van der Waals surface area contributed by atoms with Crippen LogP contribution in [0.4, 0.5) is 16.4 Å². The van der Waals surface area contributed by atoms with E-state index in [1.54, 1.807) is 18.3 Å². The van der Waals surface area contributed by atoms with Gasteiger partial charge in [0.05, 0.1) is 28.4 Å². The summed E-state index contributed by atoms with van der Waals surface area (Å²) in [5.74, 6) is -0.258. The smallest absolute Gasteiger partial charge is 0.254 e. The number of benzene rings is 1. The van der Waals surface area contributed by atoms with Crippen molar-refractivity contribution in [1.82, 2.24) is 20.0 Å². The van der Waals surface area contributed by atoms with Crippen LogP contribution in [-0.4, -0.2) is 77.0 Å². The number of carbonyl (C=O) groups excluding carboxylic acids is 3. The fraction of sp³-hybridized carbons (Fsp3) is 0.407. The SMILES string of the molecule is Cc1cc2c(s1)Nc1ccc(CNC(=O)C3CC3(C)N3C(=O)C=CC3=O)cc1N=C2N1CCN(C)CC1. The third kappa shape index (κ3) is 4.23. The molecule has 2 atom stereocenters. The van der Waals surface area contributed by atoms with Crippen molar-refractivity contribution in [3.8, 4) is 0 Å². The highest BCUT2D eigenvalue weighted by Gasteiger charge is 2.61. The van der Waals surface area contributed by atoms with Crippen LogP contribution < -0.4 is 10.6 Å². The van der Waals surface area contributed by atoms with Gasteiger partial charge in [-0.2, -0.15) is 0 Å². The summed E-state index contributed by atoms with van der Waals surface area (Å²) in [5, 5.41) is 7.68. The van der Waals surface area contributed by atoms with Crippen LogP contribution in [0.2, 0.25) is 0 Å². The normalized spacial score (nSPS) is 24.8. The number of anilines is 2. The van der Waals surface area contributed by atoms with Gasteiger partial charge >= 0.3 is 0 Å². The van der Waals surface area contributed by atoms with Crippen LogP contribution in [0.1, 0.15) is 29.3 Å². The molecule has 9 nitrogen and oxygen atoms in total. The second kappa shape index (κ2) is 8.81. The first kappa shape index (κ1) is 23.9. The van der Waals surface area contributed by atoms with Crippen molar-refractivity contribution in [2.45, 2.75) is 32.4 Å². The molecule has 0 spiro atoms. The fourth-order valence-corrected chi connectivity index (χ4v) is 6.33. The summed E-state index contributed by atoms with van der Waals surface area (Å²) in [6.07, 6.45) is 3.01. The molecular weight excluding hydrogens is 488 g/mol. The number of carbonyl (C=O) groups is 3. The molecule has 2 N–H and O–H groups in total. The third-order valence-electron chi connectivity index (χ3n) is 7.75. The van der Waals surface area contributed by atoms with E-state index >= 15 is 0 Å². The molecule has 4 aliphatic rings. The van der Waals surface area contributed by atoms with Crippen LogP contribution in [0.3, 0.4) is 0 Å². The van der Waals surface area contributed by atoms with E-state index in [4.69, 9.17) is 4.99 Å². The molecule has 1 aliphatic carbocycles. The Morgan fingerprint density at radius 3 is 2.62 bits per heavy atom. The van der Waals surface area contributed by atoms with E-state index in [2.05, 4.69) is 40.5 Å². The van der Waals surface area contributed by atoms with Gasteiger partial charge < -0.3 is 20.4 Å². The zero-order valence-electron chi connectivity index (χ0n) is 21.2. The highest BCUT2D eigenvalue weighted by atomic mass is 32.1. The molecule has 3 aliphatic heterocycles. The number of amides is 3. The number of fused-ring (bicyclic) bond motifs is 2. The van der Waals surface area contributed by atoms with Crippen LogP contribution >= 0.6 is 11.3 Å². The molecule has 37 heavy (non-hydrogen) atoms. The molecule has 192 valence electrons. The van der Waals surface area contributed by atoms with Crippen LogP contribution in [0.15, 0.2) is 41.4 Å². The molecule has 1 aromatic carbocycles. The van der Waals surface area contributed by atoms with Crippen molar-refractivity contribution >= 4 is 51.3 Å². The minimum atomic E-state index is -0.753. The summed E-state index contributed by atoms with van der Waals surface area (Å²) in [6, 6.07) is 8.23. The van der Waals surface area contributed by atoms with Gasteiger partial charge in [-0.15, -0.1) is 11.3 Å².